The van der Waals surface area contributed by atoms with Crippen molar-refractivity contribution in [3.63, 3.8) is 0 Å². The Hall–Kier alpha value is -3.84. The SMILES string of the molecule is O=C(NCc1ccco1)c1ccc(-n2nc(OCc3ccc(Cl)cc3)ccc2=O)cc1. The highest BCUT2D eigenvalue weighted by Gasteiger charge is 2.09. The summed E-state index contributed by atoms with van der Waals surface area (Å²) in [5, 5.41) is 7.68. The van der Waals surface area contributed by atoms with E-state index in [9.17, 15) is 9.59 Å². The minimum absolute atomic E-state index is 0.247. The van der Waals surface area contributed by atoms with Crippen molar-refractivity contribution in [3.05, 3.63) is 111 Å². The van der Waals surface area contributed by atoms with Crippen molar-refractivity contribution in [2.75, 3.05) is 0 Å². The van der Waals surface area contributed by atoms with Crippen molar-refractivity contribution in [3.8, 4) is 11.6 Å². The molecule has 2 aromatic heterocycles. The molecule has 2 aromatic carbocycles. The van der Waals surface area contributed by atoms with E-state index in [1.54, 1.807) is 54.8 Å². The summed E-state index contributed by atoms with van der Waals surface area (Å²) in [7, 11) is 0. The van der Waals surface area contributed by atoms with Gasteiger partial charge in [-0.15, -0.1) is 5.10 Å². The molecule has 0 fully saturated rings. The molecule has 0 saturated carbocycles. The van der Waals surface area contributed by atoms with E-state index in [1.807, 2.05) is 12.1 Å². The van der Waals surface area contributed by atoms with E-state index in [4.69, 9.17) is 20.8 Å². The first-order chi connectivity index (χ1) is 15.1. The number of carbonyl (C=O) groups excluding carboxylic acids is 1. The molecular formula is C23H18ClN3O4. The van der Waals surface area contributed by atoms with Crippen LogP contribution >= 0.6 is 11.6 Å². The van der Waals surface area contributed by atoms with Crippen molar-refractivity contribution >= 4 is 17.5 Å². The van der Waals surface area contributed by atoms with Gasteiger partial charge in [-0.05, 0) is 54.1 Å². The Bertz CT molecular complexity index is 1220. The lowest BCUT2D eigenvalue weighted by Gasteiger charge is -2.09. The van der Waals surface area contributed by atoms with Crippen LogP contribution in [0.3, 0.4) is 0 Å². The van der Waals surface area contributed by atoms with Crippen LogP contribution in [0, 0.1) is 0 Å². The largest absolute Gasteiger partial charge is 0.472 e. The molecule has 7 nitrogen and oxygen atoms in total. The predicted molar refractivity (Wildman–Crippen MR) is 115 cm³/mol. The molecule has 1 N–H and O–H groups in total. The Morgan fingerprint density at radius 1 is 1.03 bits per heavy atom. The first-order valence-electron chi connectivity index (χ1n) is 9.47. The second kappa shape index (κ2) is 9.32. The van der Waals surface area contributed by atoms with Gasteiger partial charge in [0.2, 0.25) is 5.88 Å². The number of hydrogen-bond acceptors (Lipinski definition) is 5. The molecule has 0 spiro atoms. The summed E-state index contributed by atoms with van der Waals surface area (Å²) in [6.45, 7) is 0.582. The molecule has 0 bridgehead atoms. The van der Waals surface area contributed by atoms with Gasteiger partial charge in [-0.1, -0.05) is 23.7 Å². The molecule has 0 aliphatic rings. The summed E-state index contributed by atoms with van der Waals surface area (Å²) < 4.78 is 12.1. The summed E-state index contributed by atoms with van der Waals surface area (Å²) in [5.41, 5.74) is 1.59. The first-order valence-corrected chi connectivity index (χ1v) is 9.85. The van der Waals surface area contributed by atoms with Crippen LogP contribution in [0.1, 0.15) is 21.7 Å². The van der Waals surface area contributed by atoms with Gasteiger partial charge in [0.1, 0.15) is 12.4 Å². The molecule has 2 heterocycles. The minimum atomic E-state index is -0.311. The molecule has 8 heteroatoms. The number of nitrogens with zero attached hydrogens (tertiary/aromatic N) is 2. The zero-order valence-corrected chi connectivity index (χ0v) is 17.1. The van der Waals surface area contributed by atoms with E-state index in [0.29, 0.717) is 34.5 Å². The molecule has 0 saturated heterocycles. The number of rotatable bonds is 7. The van der Waals surface area contributed by atoms with Gasteiger partial charge in [-0.25, -0.2) is 0 Å². The fourth-order valence-electron chi connectivity index (χ4n) is 2.83. The van der Waals surface area contributed by atoms with Crippen LogP contribution in [-0.2, 0) is 13.2 Å². The number of ether oxygens (including phenoxy) is 1. The van der Waals surface area contributed by atoms with Crippen LogP contribution in [-0.4, -0.2) is 15.7 Å². The highest BCUT2D eigenvalue weighted by Crippen LogP contribution is 2.13. The number of aromatic nitrogens is 2. The number of nitrogens with one attached hydrogen (secondary N) is 1. The number of amides is 1. The zero-order valence-electron chi connectivity index (χ0n) is 16.3. The van der Waals surface area contributed by atoms with Crippen molar-refractivity contribution in [1.29, 1.82) is 0 Å². The topological polar surface area (TPSA) is 86.4 Å². The van der Waals surface area contributed by atoms with E-state index in [-0.39, 0.29) is 18.1 Å². The van der Waals surface area contributed by atoms with Gasteiger partial charge < -0.3 is 14.5 Å². The molecule has 31 heavy (non-hydrogen) atoms. The second-order valence-electron chi connectivity index (χ2n) is 6.65. The van der Waals surface area contributed by atoms with Crippen LogP contribution in [0.4, 0.5) is 0 Å². The summed E-state index contributed by atoms with van der Waals surface area (Å²) in [6, 6.07) is 20.3. The summed E-state index contributed by atoms with van der Waals surface area (Å²) in [4.78, 5) is 24.6. The maximum atomic E-state index is 12.3. The zero-order chi connectivity index (χ0) is 21.6. The highest BCUT2D eigenvalue weighted by molar-refractivity contribution is 6.30. The van der Waals surface area contributed by atoms with E-state index >= 15 is 0 Å². The molecule has 156 valence electrons. The lowest BCUT2D eigenvalue weighted by atomic mass is 10.2. The van der Waals surface area contributed by atoms with Crippen molar-refractivity contribution in [1.82, 2.24) is 15.1 Å². The van der Waals surface area contributed by atoms with Gasteiger partial charge in [-0.2, -0.15) is 4.68 Å². The summed E-state index contributed by atoms with van der Waals surface area (Å²) >= 11 is 5.89. The third-order valence-electron chi connectivity index (χ3n) is 4.45. The molecule has 4 aromatic rings. The molecule has 0 aliphatic carbocycles. The van der Waals surface area contributed by atoms with E-state index in [1.165, 1.54) is 16.8 Å². The van der Waals surface area contributed by atoms with E-state index in [0.717, 1.165) is 5.56 Å². The van der Waals surface area contributed by atoms with Crippen molar-refractivity contribution in [2.45, 2.75) is 13.2 Å². The molecular weight excluding hydrogens is 418 g/mol. The monoisotopic (exact) mass is 435 g/mol. The fourth-order valence-corrected chi connectivity index (χ4v) is 2.96. The lowest BCUT2D eigenvalue weighted by Crippen LogP contribution is -2.23. The number of carbonyl (C=O) groups is 1. The van der Waals surface area contributed by atoms with E-state index in [2.05, 4.69) is 10.4 Å². The normalized spacial score (nSPS) is 10.6. The lowest BCUT2D eigenvalue weighted by molar-refractivity contribution is 0.0948. The average molecular weight is 436 g/mol. The molecule has 0 radical (unpaired) electrons. The highest BCUT2D eigenvalue weighted by atomic mass is 35.5. The Morgan fingerprint density at radius 2 is 1.81 bits per heavy atom. The van der Waals surface area contributed by atoms with Crippen LogP contribution in [0.25, 0.3) is 5.69 Å². The van der Waals surface area contributed by atoms with Gasteiger partial charge in [0, 0.05) is 22.7 Å². The molecule has 0 unspecified atom stereocenters. The molecule has 4 rings (SSSR count). The average Bonchev–Trinajstić information content (AvgIpc) is 3.32. The van der Waals surface area contributed by atoms with Crippen molar-refractivity contribution in [2.24, 2.45) is 0 Å². The van der Waals surface area contributed by atoms with E-state index < -0.39 is 0 Å². The summed E-state index contributed by atoms with van der Waals surface area (Å²) in [6.07, 6.45) is 1.55. The number of halogens is 1. The third kappa shape index (κ3) is 5.21. The van der Waals surface area contributed by atoms with Crippen LogP contribution in [0.15, 0.2) is 88.3 Å². The van der Waals surface area contributed by atoms with Crippen LogP contribution in [0.5, 0.6) is 5.88 Å². The molecule has 1 amide bonds. The van der Waals surface area contributed by atoms with Crippen LogP contribution < -0.4 is 15.6 Å². The maximum Gasteiger partial charge on any atom is 0.271 e. The van der Waals surface area contributed by atoms with Crippen molar-refractivity contribution < 1.29 is 13.9 Å². The van der Waals surface area contributed by atoms with Crippen LogP contribution in [0.2, 0.25) is 5.02 Å². The number of benzene rings is 2. The smallest absolute Gasteiger partial charge is 0.271 e. The molecule has 0 aliphatic heterocycles. The Kier molecular flexibility index (Phi) is 6.14. The Balaban J connectivity index is 1.44. The fraction of sp³-hybridized carbons (Fsp3) is 0.0870. The first kappa shape index (κ1) is 20.4. The second-order valence-corrected chi connectivity index (χ2v) is 7.08. The van der Waals surface area contributed by atoms with Gasteiger partial charge in [0.05, 0.1) is 18.5 Å². The maximum absolute atomic E-state index is 12.3. The van der Waals surface area contributed by atoms with Gasteiger partial charge in [0.25, 0.3) is 11.5 Å². The van der Waals surface area contributed by atoms with Gasteiger partial charge in [0.15, 0.2) is 0 Å². The quantitative estimate of drug-likeness (QED) is 0.474. The number of furan rings is 1. The Morgan fingerprint density at radius 3 is 2.52 bits per heavy atom. The molecule has 0 atom stereocenters. The third-order valence-corrected chi connectivity index (χ3v) is 4.71. The summed E-state index contributed by atoms with van der Waals surface area (Å²) in [5.74, 6) is 0.717. The predicted octanol–water partition coefficient (Wildman–Crippen LogP) is 3.99. The number of hydrogen-bond donors (Lipinski definition) is 1. The van der Waals surface area contributed by atoms with Gasteiger partial charge >= 0.3 is 0 Å². The minimum Gasteiger partial charge on any atom is -0.472 e. The van der Waals surface area contributed by atoms with Gasteiger partial charge in [-0.3, -0.25) is 9.59 Å². The Labute approximate surface area is 182 Å². The standard InChI is InChI=1S/C23H18ClN3O4/c24-18-7-3-16(4-8-18)15-31-21-11-12-22(28)27(26-21)19-9-5-17(6-10-19)23(29)25-14-20-2-1-13-30-20/h1-13H,14-15H2,(H,25,29).